The summed E-state index contributed by atoms with van der Waals surface area (Å²) in [6.45, 7) is 0.694. The molecule has 1 aliphatic rings. The minimum atomic E-state index is 0.284. The second-order valence-electron chi connectivity index (χ2n) is 4.59. The number of aryl methyl sites for hydroxylation is 1. The Kier molecular flexibility index (Phi) is 3.48. The molecule has 5 heteroatoms. The molecule has 2 heterocycles. The number of nitrogens with one attached hydrogen (secondary N) is 1. The molecular formula is C14H17N3OS. The summed E-state index contributed by atoms with van der Waals surface area (Å²) in [5.41, 5.74) is 1.22. The van der Waals surface area contributed by atoms with E-state index < -0.39 is 0 Å². The van der Waals surface area contributed by atoms with Crippen LogP contribution in [0.2, 0.25) is 0 Å². The first-order chi connectivity index (χ1) is 9.29. The van der Waals surface area contributed by atoms with Crippen LogP contribution in [0.15, 0.2) is 41.8 Å². The number of para-hydroxylation sites is 1. The molecule has 19 heavy (non-hydrogen) atoms. The van der Waals surface area contributed by atoms with Gasteiger partial charge in [-0.2, -0.15) is 0 Å². The van der Waals surface area contributed by atoms with E-state index in [1.54, 1.807) is 11.8 Å². The van der Waals surface area contributed by atoms with Gasteiger partial charge in [-0.3, -0.25) is 0 Å². The van der Waals surface area contributed by atoms with Gasteiger partial charge in [-0.05, 0) is 13.1 Å². The van der Waals surface area contributed by atoms with Crippen LogP contribution in [-0.4, -0.2) is 28.5 Å². The minimum Gasteiger partial charge on any atom is -0.492 e. The van der Waals surface area contributed by atoms with Crippen LogP contribution in [0.3, 0.4) is 0 Å². The molecule has 2 unspecified atom stereocenters. The maximum atomic E-state index is 5.86. The van der Waals surface area contributed by atoms with E-state index >= 15 is 0 Å². The van der Waals surface area contributed by atoms with Crippen molar-refractivity contribution < 1.29 is 4.74 Å². The van der Waals surface area contributed by atoms with Gasteiger partial charge in [0.25, 0.3) is 0 Å². The molecular weight excluding hydrogens is 258 g/mol. The Balaban J connectivity index is 1.86. The highest BCUT2D eigenvalue weighted by Gasteiger charge is 2.31. The first kappa shape index (κ1) is 12.6. The molecule has 1 aromatic carbocycles. The van der Waals surface area contributed by atoms with E-state index in [2.05, 4.69) is 22.4 Å². The van der Waals surface area contributed by atoms with Crippen LogP contribution in [0.1, 0.15) is 11.6 Å². The number of nitrogens with zero attached hydrogens (tertiary/aromatic N) is 2. The van der Waals surface area contributed by atoms with Crippen molar-refractivity contribution in [2.75, 3.05) is 13.7 Å². The van der Waals surface area contributed by atoms with E-state index in [1.807, 2.05) is 43.2 Å². The summed E-state index contributed by atoms with van der Waals surface area (Å²) >= 11 is 1.76. The molecule has 2 aromatic rings. The highest BCUT2D eigenvalue weighted by Crippen LogP contribution is 2.38. The van der Waals surface area contributed by atoms with Crippen LogP contribution in [0.4, 0.5) is 0 Å². The number of benzene rings is 1. The lowest BCUT2D eigenvalue weighted by Gasteiger charge is -2.32. The van der Waals surface area contributed by atoms with Crippen molar-refractivity contribution in [2.45, 2.75) is 16.4 Å². The van der Waals surface area contributed by atoms with Gasteiger partial charge in [0.15, 0.2) is 5.16 Å². The lowest BCUT2D eigenvalue weighted by molar-refractivity contribution is 0.264. The molecule has 1 aromatic heterocycles. The van der Waals surface area contributed by atoms with Crippen LogP contribution < -0.4 is 10.1 Å². The van der Waals surface area contributed by atoms with Gasteiger partial charge in [-0.25, -0.2) is 4.98 Å². The summed E-state index contributed by atoms with van der Waals surface area (Å²) in [7, 11) is 4.01. The van der Waals surface area contributed by atoms with E-state index in [0.717, 1.165) is 10.9 Å². The summed E-state index contributed by atoms with van der Waals surface area (Å²) in [6, 6.07) is 8.51. The summed E-state index contributed by atoms with van der Waals surface area (Å²) in [4.78, 5) is 4.38. The van der Waals surface area contributed by atoms with Gasteiger partial charge in [0, 0.05) is 25.0 Å². The third kappa shape index (κ3) is 2.35. The van der Waals surface area contributed by atoms with Crippen molar-refractivity contribution in [2.24, 2.45) is 7.05 Å². The first-order valence-corrected chi connectivity index (χ1v) is 7.20. The van der Waals surface area contributed by atoms with Crippen molar-refractivity contribution in [3.63, 3.8) is 0 Å². The second-order valence-corrected chi connectivity index (χ2v) is 5.80. The number of fused-ring (bicyclic) bond motifs is 1. The standard InChI is InChI=1S/C14H17N3OS/c1-15-13-10-5-3-4-6-11(10)18-9-12(13)19-14-16-7-8-17(14)2/h3-8,12-13,15H,9H2,1-2H3. The van der Waals surface area contributed by atoms with E-state index in [0.29, 0.717) is 11.9 Å². The lowest BCUT2D eigenvalue weighted by Crippen LogP contribution is -2.36. The number of ether oxygens (including phenoxy) is 1. The van der Waals surface area contributed by atoms with Gasteiger partial charge >= 0.3 is 0 Å². The number of hydrogen-bond donors (Lipinski definition) is 1. The molecule has 0 spiro atoms. The highest BCUT2D eigenvalue weighted by molar-refractivity contribution is 7.99. The molecule has 0 bridgehead atoms. The summed E-state index contributed by atoms with van der Waals surface area (Å²) in [5.74, 6) is 0.985. The maximum Gasteiger partial charge on any atom is 0.168 e. The fourth-order valence-electron chi connectivity index (χ4n) is 2.38. The lowest BCUT2D eigenvalue weighted by atomic mass is 10.0. The monoisotopic (exact) mass is 275 g/mol. The fourth-order valence-corrected chi connectivity index (χ4v) is 3.56. The first-order valence-electron chi connectivity index (χ1n) is 6.32. The Hall–Kier alpha value is -1.46. The quantitative estimate of drug-likeness (QED) is 0.932. The third-order valence-corrected chi connectivity index (χ3v) is 4.69. The second kappa shape index (κ2) is 5.27. The molecule has 1 aliphatic heterocycles. The van der Waals surface area contributed by atoms with Gasteiger partial charge in [0.2, 0.25) is 0 Å². The summed E-state index contributed by atoms with van der Waals surface area (Å²) in [5, 5.41) is 4.75. The van der Waals surface area contributed by atoms with E-state index in [1.165, 1.54) is 5.56 Å². The Bertz CT molecular complexity index is 569. The van der Waals surface area contributed by atoms with E-state index in [9.17, 15) is 0 Å². The topological polar surface area (TPSA) is 39.1 Å². The minimum absolute atomic E-state index is 0.284. The molecule has 4 nitrogen and oxygen atoms in total. The number of thioether (sulfide) groups is 1. The predicted molar refractivity (Wildman–Crippen MR) is 76.6 cm³/mol. The van der Waals surface area contributed by atoms with E-state index in [4.69, 9.17) is 4.74 Å². The molecule has 0 aliphatic carbocycles. The third-order valence-electron chi connectivity index (χ3n) is 3.37. The van der Waals surface area contributed by atoms with Crippen molar-refractivity contribution in [1.82, 2.24) is 14.9 Å². The smallest absolute Gasteiger partial charge is 0.168 e. The average molecular weight is 275 g/mol. The normalized spacial score (nSPS) is 21.8. The number of imidazole rings is 1. The molecule has 3 rings (SSSR count). The molecule has 100 valence electrons. The largest absolute Gasteiger partial charge is 0.492 e. The molecule has 1 N–H and O–H groups in total. The Labute approximate surface area is 117 Å². The zero-order valence-corrected chi connectivity index (χ0v) is 11.9. The SMILES string of the molecule is CNC1c2ccccc2OCC1Sc1nccn1C. The number of aromatic nitrogens is 2. The average Bonchev–Trinajstić information content (AvgIpc) is 2.84. The summed E-state index contributed by atoms with van der Waals surface area (Å²) in [6.07, 6.45) is 3.79. The highest BCUT2D eigenvalue weighted by atomic mass is 32.2. The Morgan fingerprint density at radius 1 is 1.42 bits per heavy atom. The molecule has 0 radical (unpaired) electrons. The van der Waals surface area contributed by atoms with Gasteiger partial charge in [-0.15, -0.1) is 0 Å². The molecule has 0 saturated carbocycles. The fraction of sp³-hybridized carbons (Fsp3) is 0.357. The van der Waals surface area contributed by atoms with Gasteiger partial charge in [0.05, 0.1) is 11.3 Å². The van der Waals surface area contributed by atoms with Gasteiger partial charge < -0.3 is 14.6 Å². The van der Waals surface area contributed by atoms with Crippen LogP contribution >= 0.6 is 11.8 Å². The van der Waals surface area contributed by atoms with Crippen molar-refractivity contribution >= 4 is 11.8 Å². The zero-order valence-electron chi connectivity index (χ0n) is 11.0. The molecule has 0 fully saturated rings. The summed E-state index contributed by atoms with van der Waals surface area (Å²) < 4.78 is 7.90. The zero-order chi connectivity index (χ0) is 13.2. The van der Waals surface area contributed by atoms with Gasteiger partial charge in [-0.1, -0.05) is 30.0 Å². The molecule has 2 atom stereocenters. The van der Waals surface area contributed by atoms with Crippen LogP contribution in [0.25, 0.3) is 0 Å². The van der Waals surface area contributed by atoms with Gasteiger partial charge in [0.1, 0.15) is 12.4 Å². The Morgan fingerprint density at radius 3 is 3.00 bits per heavy atom. The molecule has 0 saturated heterocycles. The number of hydrogen-bond acceptors (Lipinski definition) is 4. The maximum absolute atomic E-state index is 5.86. The van der Waals surface area contributed by atoms with Crippen molar-refractivity contribution in [3.05, 3.63) is 42.2 Å². The van der Waals surface area contributed by atoms with Crippen molar-refractivity contribution in [3.8, 4) is 5.75 Å². The predicted octanol–water partition coefficient (Wildman–Crippen LogP) is 2.23. The van der Waals surface area contributed by atoms with Crippen LogP contribution in [0.5, 0.6) is 5.75 Å². The van der Waals surface area contributed by atoms with Crippen LogP contribution in [-0.2, 0) is 7.05 Å². The number of rotatable bonds is 3. The molecule has 0 amide bonds. The van der Waals surface area contributed by atoms with Crippen LogP contribution in [0, 0.1) is 0 Å². The van der Waals surface area contributed by atoms with Crippen molar-refractivity contribution in [1.29, 1.82) is 0 Å². The van der Waals surface area contributed by atoms with E-state index in [-0.39, 0.29) is 6.04 Å². The Morgan fingerprint density at radius 2 is 2.26 bits per heavy atom.